The van der Waals surface area contributed by atoms with Crippen LogP contribution in [0.1, 0.15) is 16.1 Å². The molecule has 0 bridgehead atoms. The molecule has 70 valence electrons. The van der Waals surface area contributed by atoms with Gasteiger partial charge in [0, 0.05) is 5.56 Å². The number of hydrogen-bond acceptors (Lipinski definition) is 3. The van der Waals surface area contributed by atoms with Crippen LogP contribution in [0.4, 0.5) is 0 Å². The second kappa shape index (κ2) is 3.46. The van der Waals surface area contributed by atoms with E-state index in [1.165, 1.54) is 12.0 Å². The minimum atomic E-state index is 0.272. The molecule has 1 heterocycles. The first-order chi connectivity index (χ1) is 6.81. The fourth-order valence-electron chi connectivity index (χ4n) is 1.27. The third kappa shape index (κ3) is 1.44. The van der Waals surface area contributed by atoms with Crippen LogP contribution in [0, 0.1) is 6.92 Å². The van der Waals surface area contributed by atoms with Gasteiger partial charge in [-0.3, -0.25) is 4.79 Å². The summed E-state index contributed by atoms with van der Waals surface area (Å²) >= 11 is 0. The minimum Gasteiger partial charge on any atom is -0.440 e. The number of hydrogen-bond donors (Lipinski definition) is 0. The van der Waals surface area contributed by atoms with Gasteiger partial charge in [-0.15, -0.1) is 0 Å². The monoisotopic (exact) mass is 187 g/mol. The quantitative estimate of drug-likeness (QED) is 0.678. The number of carbonyl (C=O) groups is 1. The maximum atomic E-state index is 10.6. The molecule has 2 rings (SSSR count). The molecule has 1 aromatic heterocycles. The lowest BCUT2D eigenvalue weighted by molar-refractivity contribution is 0.110. The summed E-state index contributed by atoms with van der Waals surface area (Å²) in [6.07, 6.45) is 1.95. The predicted octanol–water partition coefficient (Wildman–Crippen LogP) is 2.46. The average molecular weight is 187 g/mol. The van der Waals surface area contributed by atoms with Crippen LogP contribution in [0.25, 0.3) is 11.3 Å². The summed E-state index contributed by atoms with van der Waals surface area (Å²) in [6, 6.07) is 7.78. The van der Waals surface area contributed by atoms with E-state index in [4.69, 9.17) is 4.42 Å². The predicted molar refractivity (Wildman–Crippen MR) is 52.1 cm³/mol. The molecule has 0 unspecified atom stereocenters. The van der Waals surface area contributed by atoms with Gasteiger partial charge in [-0.2, -0.15) is 0 Å². The Labute approximate surface area is 81.4 Å². The molecule has 2 aromatic rings. The molecule has 0 saturated carbocycles. The highest BCUT2D eigenvalue weighted by Gasteiger charge is 2.08. The van der Waals surface area contributed by atoms with Gasteiger partial charge in [0.2, 0.25) is 0 Å². The first kappa shape index (κ1) is 8.69. The molecule has 1 aromatic carbocycles. The Morgan fingerprint density at radius 2 is 2.00 bits per heavy atom. The number of aromatic nitrogens is 1. The standard InChI is InChI=1S/C11H9NO2/c1-8-2-4-9(5-3-8)11-10(6-13)14-7-12-11/h2-7H,1H3. The Kier molecular flexibility index (Phi) is 2.14. The van der Waals surface area contributed by atoms with Crippen molar-refractivity contribution in [3.8, 4) is 11.3 Å². The van der Waals surface area contributed by atoms with Crippen molar-refractivity contribution in [1.29, 1.82) is 0 Å². The van der Waals surface area contributed by atoms with E-state index in [0.717, 1.165) is 5.56 Å². The molecule has 0 fully saturated rings. The number of benzene rings is 1. The molecule has 0 atom stereocenters. The SMILES string of the molecule is Cc1ccc(-c2ncoc2C=O)cc1. The largest absolute Gasteiger partial charge is 0.440 e. The van der Waals surface area contributed by atoms with Crippen molar-refractivity contribution in [2.75, 3.05) is 0 Å². The Morgan fingerprint density at radius 3 is 2.64 bits per heavy atom. The fourth-order valence-corrected chi connectivity index (χ4v) is 1.27. The highest BCUT2D eigenvalue weighted by atomic mass is 16.3. The molecule has 0 aliphatic heterocycles. The molecule has 0 spiro atoms. The smallest absolute Gasteiger partial charge is 0.194 e. The van der Waals surface area contributed by atoms with Crippen LogP contribution in [0.2, 0.25) is 0 Å². The summed E-state index contributed by atoms with van der Waals surface area (Å²) in [4.78, 5) is 14.6. The second-order valence-electron chi connectivity index (χ2n) is 3.05. The highest BCUT2D eigenvalue weighted by molar-refractivity contribution is 5.81. The topological polar surface area (TPSA) is 43.1 Å². The van der Waals surface area contributed by atoms with E-state index < -0.39 is 0 Å². The van der Waals surface area contributed by atoms with Crippen molar-refractivity contribution >= 4 is 6.29 Å². The Balaban J connectivity index is 2.49. The zero-order valence-corrected chi connectivity index (χ0v) is 7.73. The lowest BCUT2D eigenvalue weighted by Crippen LogP contribution is -1.83. The average Bonchev–Trinajstić information content (AvgIpc) is 2.67. The van der Waals surface area contributed by atoms with E-state index in [1.54, 1.807) is 0 Å². The van der Waals surface area contributed by atoms with E-state index in [1.807, 2.05) is 31.2 Å². The molecule has 0 aliphatic carbocycles. The Bertz CT molecular complexity index is 443. The maximum absolute atomic E-state index is 10.6. The molecule has 14 heavy (non-hydrogen) atoms. The number of oxazole rings is 1. The molecule has 0 N–H and O–H groups in total. The molecule has 0 saturated heterocycles. The van der Waals surface area contributed by atoms with Gasteiger partial charge in [0.25, 0.3) is 0 Å². The van der Waals surface area contributed by atoms with Crippen molar-refractivity contribution in [3.63, 3.8) is 0 Å². The summed E-state index contributed by atoms with van der Waals surface area (Å²) in [7, 11) is 0. The summed E-state index contributed by atoms with van der Waals surface area (Å²) < 4.78 is 4.92. The van der Waals surface area contributed by atoms with Crippen LogP contribution < -0.4 is 0 Å². The van der Waals surface area contributed by atoms with Gasteiger partial charge in [-0.1, -0.05) is 29.8 Å². The van der Waals surface area contributed by atoms with Gasteiger partial charge in [-0.05, 0) is 6.92 Å². The maximum Gasteiger partial charge on any atom is 0.194 e. The summed E-state index contributed by atoms with van der Waals surface area (Å²) in [5.74, 6) is 0.272. The van der Waals surface area contributed by atoms with Gasteiger partial charge in [-0.25, -0.2) is 4.98 Å². The lowest BCUT2D eigenvalue weighted by atomic mass is 10.1. The second-order valence-corrected chi connectivity index (χ2v) is 3.05. The van der Waals surface area contributed by atoms with Gasteiger partial charge in [0.05, 0.1) is 0 Å². The lowest BCUT2D eigenvalue weighted by Gasteiger charge is -1.97. The number of rotatable bonds is 2. The minimum absolute atomic E-state index is 0.272. The van der Waals surface area contributed by atoms with E-state index in [9.17, 15) is 4.79 Å². The third-order valence-electron chi connectivity index (χ3n) is 2.03. The van der Waals surface area contributed by atoms with Crippen molar-refractivity contribution in [3.05, 3.63) is 42.0 Å². The molecule has 0 radical (unpaired) electrons. The first-order valence-electron chi connectivity index (χ1n) is 4.27. The van der Waals surface area contributed by atoms with Crippen LogP contribution in [-0.4, -0.2) is 11.3 Å². The molecular formula is C11H9NO2. The third-order valence-corrected chi connectivity index (χ3v) is 2.03. The van der Waals surface area contributed by atoms with Crippen LogP contribution in [0.5, 0.6) is 0 Å². The van der Waals surface area contributed by atoms with Crippen LogP contribution in [0.3, 0.4) is 0 Å². The van der Waals surface area contributed by atoms with E-state index >= 15 is 0 Å². The first-order valence-corrected chi connectivity index (χ1v) is 4.27. The van der Waals surface area contributed by atoms with Gasteiger partial charge in [0.1, 0.15) is 5.69 Å². The Morgan fingerprint density at radius 1 is 1.29 bits per heavy atom. The van der Waals surface area contributed by atoms with Crippen LogP contribution in [-0.2, 0) is 0 Å². The normalized spacial score (nSPS) is 10.1. The highest BCUT2D eigenvalue weighted by Crippen LogP contribution is 2.20. The van der Waals surface area contributed by atoms with Crippen LogP contribution >= 0.6 is 0 Å². The molecular weight excluding hydrogens is 178 g/mol. The van der Waals surface area contributed by atoms with Crippen molar-refractivity contribution in [2.24, 2.45) is 0 Å². The molecule has 0 aliphatic rings. The molecule has 3 nitrogen and oxygen atoms in total. The number of carbonyl (C=O) groups excluding carboxylic acids is 1. The number of nitrogens with zero attached hydrogens (tertiary/aromatic N) is 1. The summed E-state index contributed by atoms with van der Waals surface area (Å²) in [5, 5.41) is 0. The zero-order valence-electron chi connectivity index (χ0n) is 7.73. The Hall–Kier alpha value is -1.90. The zero-order chi connectivity index (χ0) is 9.97. The van der Waals surface area contributed by atoms with Crippen molar-refractivity contribution in [1.82, 2.24) is 4.98 Å². The molecule has 0 amide bonds. The van der Waals surface area contributed by atoms with Crippen molar-refractivity contribution < 1.29 is 9.21 Å². The number of aryl methyl sites for hydroxylation is 1. The number of aldehydes is 1. The van der Waals surface area contributed by atoms with E-state index in [-0.39, 0.29) is 5.76 Å². The van der Waals surface area contributed by atoms with Gasteiger partial charge < -0.3 is 4.42 Å². The molecule has 3 heteroatoms. The summed E-state index contributed by atoms with van der Waals surface area (Å²) in [5.41, 5.74) is 2.66. The van der Waals surface area contributed by atoms with E-state index in [0.29, 0.717) is 12.0 Å². The van der Waals surface area contributed by atoms with E-state index in [2.05, 4.69) is 4.98 Å². The summed E-state index contributed by atoms with van der Waals surface area (Å²) in [6.45, 7) is 2.01. The van der Waals surface area contributed by atoms with Crippen LogP contribution in [0.15, 0.2) is 35.1 Å². The van der Waals surface area contributed by atoms with Gasteiger partial charge >= 0.3 is 0 Å². The van der Waals surface area contributed by atoms with Gasteiger partial charge in [0.15, 0.2) is 18.4 Å². The fraction of sp³-hybridized carbons (Fsp3) is 0.0909. The van der Waals surface area contributed by atoms with Crippen molar-refractivity contribution in [2.45, 2.75) is 6.92 Å².